The molecule has 0 saturated carbocycles. The van der Waals surface area contributed by atoms with Crippen molar-refractivity contribution in [3.63, 3.8) is 0 Å². The molecule has 36 heavy (non-hydrogen) atoms. The first-order valence-corrected chi connectivity index (χ1v) is 13.3. The Balaban J connectivity index is 1.17. The van der Waals surface area contributed by atoms with Crippen LogP contribution in [0, 0.1) is 5.92 Å². The number of benzene rings is 2. The zero-order chi connectivity index (χ0) is 24.9. The number of para-hydroxylation sites is 2. The molecule has 5 rings (SSSR count). The van der Waals surface area contributed by atoms with Gasteiger partial charge in [0.15, 0.2) is 0 Å². The van der Waals surface area contributed by atoms with Gasteiger partial charge in [0, 0.05) is 57.2 Å². The lowest BCUT2D eigenvalue weighted by Crippen LogP contribution is -2.52. The smallest absolute Gasteiger partial charge is 0.227 e. The summed E-state index contributed by atoms with van der Waals surface area (Å²) in [6.07, 6.45) is 2.58. The average molecular weight is 508 g/mol. The van der Waals surface area contributed by atoms with Crippen LogP contribution in [-0.4, -0.2) is 73.7 Å². The van der Waals surface area contributed by atoms with Gasteiger partial charge in [-0.05, 0) is 42.7 Å². The fourth-order valence-electron chi connectivity index (χ4n) is 5.08. The van der Waals surface area contributed by atoms with Crippen molar-refractivity contribution in [2.75, 3.05) is 63.3 Å². The van der Waals surface area contributed by atoms with Gasteiger partial charge >= 0.3 is 0 Å². The van der Waals surface area contributed by atoms with Crippen molar-refractivity contribution >= 4 is 28.3 Å². The summed E-state index contributed by atoms with van der Waals surface area (Å²) >= 11 is 1.43. The lowest BCUT2D eigenvalue weighted by molar-refractivity contribution is -0.136. The van der Waals surface area contributed by atoms with Crippen LogP contribution in [0.5, 0.6) is 11.5 Å². The van der Waals surface area contributed by atoms with E-state index in [1.54, 1.807) is 14.2 Å². The van der Waals surface area contributed by atoms with Crippen molar-refractivity contribution in [2.45, 2.75) is 19.3 Å². The van der Waals surface area contributed by atoms with Crippen LogP contribution in [-0.2, 0) is 11.2 Å². The third kappa shape index (κ3) is 5.41. The Bertz CT molecular complexity index is 1180. The highest BCUT2D eigenvalue weighted by Gasteiger charge is 2.32. The van der Waals surface area contributed by atoms with Crippen molar-refractivity contribution in [1.29, 1.82) is 0 Å². The van der Waals surface area contributed by atoms with Crippen LogP contribution in [0.25, 0.3) is 0 Å². The molecule has 0 spiro atoms. The maximum absolute atomic E-state index is 13.4. The monoisotopic (exact) mass is 507 g/mol. The van der Waals surface area contributed by atoms with Gasteiger partial charge < -0.3 is 24.2 Å². The second-order valence-electron chi connectivity index (χ2n) is 9.29. The minimum absolute atomic E-state index is 0.00213. The molecular formula is C27H33N5O3S. The van der Waals surface area contributed by atoms with Crippen molar-refractivity contribution in [3.05, 3.63) is 59.9 Å². The Morgan fingerprint density at radius 1 is 1.00 bits per heavy atom. The highest BCUT2D eigenvalue weighted by Crippen LogP contribution is 2.30. The Kier molecular flexibility index (Phi) is 7.55. The van der Waals surface area contributed by atoms with E-state index >= 15 is 0 Å². The van der Waals surface area contributed by atoms with Gasteiger partial charge in [-0.15, -0.1) is 0 Å². The van der Waals surface area contributed by atoms with Crippen molar-refractivity contribution in [1.82, 2.24) is 14.3 Å². The predicted molar refractivity (Wildman–Crippen MR) is 142 cm³/mol. The Morgan fingerprint density at radius 2 is 1.83 bits per heavy atom. The molecule has 1 unspecified atom stereocenters. The molecule has 1 atom stereocenters. The van der Waals surface area contributed by atoms with Crippen LogP contribution < -0.4 is 19.3 Å². The quantitative estimate of drug-likeness (QED) is 0.483. The van der Waals surface area contributed by atoms with Gasteiger partial charge in [0.2, 0.25) is 11.0 Å². The third-order valence-corrected chi connectivity index (χ3v) is 7.83. The van der Waals surface area contributed by atoms with Crippen LogP contribution in [0.3, 0.4) is 0 Å². The van der Waals surface area contributed by atoms with Gasteiger partial charge in [-0.1, -0.05) is 24.3 Å². The first-order valence-electron chi connectivity index (χ1n) is 12.5. The van der Waals surface area contributed by atoms with E-state index < -0.39 is 0 Å². The van der Waals surface area contributed by atoms with E-state index in [0.29, 0.717) is 13.0 Å². The predicted octanol–water partition coefficient (Wildman–Crippen LogP) is 3.71. The molecule has 2 aliphatic rings. The molecule has 1 aromatic heterocycles. The van der Waals surface area contributed by atoms with Crippen LogP contribution >= 0.6 is 11.5 Å². The minimum Gasteiger partial charge on any atom is -0.497 e. The van der Waals surface area contributed by atoms with Gasteiger partial charge in [0.05, 0.1) is 25.8 Å². The summed E-state index contributed by atoms with van der Waals surface area (Å²) in [6, 6.07) is 16.1. The average Bonchev–Trinajstić information content (AvgIpc) is 3.41. The van der Waals surface area contributed by atoms with E-state index in [-0.39, 0.29) is 11.8 Å². The fourth-order valence-corrected chi connectivity index (χ4v) is 5.80. The van der Waals surface area contributed by atoms with E-state index in [2.05, 4.69) is 26.3 Å². The molecule has 3 heterocycles. The third-order valence-electron chi connectivity index (χ3n) is 7.01. The zero-order valence-electron chi connectivity index (χ0n) is 20.9. The summed E-state index contributed by atoms with van der Waals surface area (Å²) in [5, 5.41) is 0.909. The number of piperidine rings is 1. The normalized spacial score (nSPS) is 18.3. The van der Waals surface area contributed by atoms with E-state index in [4.69, 9.17) is 14.5 Å². The topological polar surface area (TPSA) is 71.0 Å². The Hall–Kier alpha value is -3.33. The molecule has 1 amide bonds. The fraction of sp³-hybridized carbons (Fsp3) is 0.444. The number of hydrogen-bond acceptors (Lipinski definition) is 8. The van der Waals surface area contributed by atoms with Crippen LogP contribution in [0.15, 0.2) is 48.5 Å². The van der Waals surface area contributed by atoms with Crippen molar-refractivity contribution < 1.29 is 14.3 Å². The van der Waals surface area contributed by atoms with Crippen LogP contribution in [0.1, 0.15) is 24.2 Å². The Labute approximate surface area is 216 Å². The SMILES string of the molecule is COc1cccc(Cc2nsc(N3CCCC(C(=O)N4CCN(c5ccccc5OC)CC4)C3)n2)c1. The molecule has 0 aliphatic carbocycles. The molecule has 9 heteroatoms. The standard InChI is InChI=1S/C27H33N5O3S/c1-34-22-9-5-7-20(17-22)18-25-28-27(36-29-25)32-12-6-8-21(19-32)26(33)31-15-13-30(14-16-31)23-10-3-4-11-24(23)35-2/h3-5,7,9-11,17,21H,6,8,12-16,18-19H2,1-2H3. The van der Waals surface area contributed by atoms with Gasteiger partial charge in [-0.2, -0.15) is 4.37 Å². The number of aromatic nitrogens is 2. The molecule has 0 radical (unpaired) electrons. The summed E-state index contributed by atoms with van der Waals surface area (Å²) in [6.45, 7) is 4.71. The molecule has 0 N–H and O–H groups in total. The molecule has 2 fully saturated rings. The van der Waals surface area contributed by atoms with Gasteiger partial charge in [-0.3, -0.25) is 4.79 Å². The number of carbonyl (C=O) groups is 1. The van der Waals surface area contributed by atoms with Gasteiger partial charge in [0.25, 0.3) is 0 Å². The lowest BCUT2D eigenvalue weighted by atomic mass is 9.96. The molecule has 0 bridgehead atoms. The second kappa shape index (κ2) is 11.2. The first-order chi connectivity index (χ1) is 17.6. The van der Waals surface area contributed by atoms with E-state index in [1.165, 1.54) is 11.5 Å². The number of methoxy groups -OCH3 is 2. The van der Waals surface area contributed by atoms with Crippen LogP contribution in [0.4, 0.5) is 10.8 Å². The molecule has 190 valence electrons. The number of piperazine rings is 1. The number of nitrogens with zero attached hydrogens (tertiary/aromatic N) is 5. The van der Waals surface area contributed by atoms with E-state index in [9.17, 15) is 4.79 Å². The maximum atomic E-state index is 13.4. The summed E-state index contributed by atoms with van der Waals surface area (Å²) < 4.78 is 15.4. The number of anilines is 2. The van der Waals surface area contributed by atoms with Gasteiger partial charge in [-0.25, -0.2) is 4.98 Å². The summed E-state index contributed by atoms with van der Waals surface area (Å²) in [5.41, 5.74) is 2.22. The highest BCUT2D eigenvalue weighted by atomic mass is 32.1. The van der Waals surface area contributed by atoms with Crippen LogP contribution in [0.2, 0.25) is 0 Å². The van der Waals surface area contributed by atoms with Crippen molar-refractivity contribution in [3.8, 4) is 11.5 Å². The summed E-state index contributed by atoms with van der Waals surface area (Å²) in [5.74, 6) is 2.79. The first kappa shape index (κ1) is 24.4. The number of carbonyl (C=O) groups excluding carboxylic acids is 1. The number of ether oxygens (including phenoxy) is 2. The molecule has 3 aromatic rings. The molecule has 2 saturated heterocycles. The summed E-state index contributed by atoms with van der Waals surface area (Å²) in [4.78, 5) is 24.8. The second-order valence-corrected chi connectivity index (χ2v) is 10.0. The molecule has 2 aromatic carbocycles. The lowest BCUT2D eigenvalue weighted by Gasteiger charge is -2.39. The number of rotatable bonds is 7. The highest BCUT2D eigenvalue weighted by molar-refractivity contribution is 7.09. The molecular weight excluding hydrogens is 474 g/mol. The minimum atomic E-state index is 0.00213. The van der Waals surface area contributed by atoms with Gasteiger partial charge in [0.1, 0.15) is 17.3 Å². The van der Waals surface area contributed by atoms with Crippen molar-refractivity contribution in [2.24, 2.45) is 5.92 Å². The number of hydrogen-bond donors (Lipinski definition) is 0. The summed E-state index contributed by atoms with van der Waals surface area (Å²) in [7, 11) is 3.37. The zero-order valence-corrected chi connectivity index (χ0v) is 21.7. The van der Waals surface area contributed by atoms with E-state index in [0.717, 1.165) is 79.3 Å². The maximum Gasteiger partial charge on any atom is 0.227 e. The largest absolute Gasteiger partial charge is 0.497 e. The molecule has 2 aliphatic heterocycles. The Morgan fingerprint density at radius 3 is 2.64 bits per heavy atom. The van der Waals surface area contributed by atoms with E-state index in [1.807, 2.05) is 41.3 Å². The number of amides is 1. The molecule has 8 nitrogen and oxygen atoms in total.